The van der Waals surface area contributed by atoms with Crippen molar-refractivity contribution in [2.75, 3.05) is 39.4 Å². The van der Waals surface area contributed by atoms with Gasteiger partial charge in [0.25, 0.3) is 5.91 Å². The summed E-state index contributed by atoms with van der Waals surface area (Å²) in [5.41, 5.74) is 0.0800. The molecule has 0 radical (unpaired) electrons. The number of likely N-dealkylation sites (N-methyl/N-ethyl adjacent to an activating group) is 1. The smallest absolute Gasteiger partial charge is 0.295 e. The van der Waals surface area contributed by atoms with Crippen molar-refractivity contribution in [3.8, 4) is 11.5 Å². The summed E-state index contributed by atoms with van der Waals surface area (Å²) in [5, 5.41) is 13.5. The molecule has 1 unspecified atom stereocenters. The van der Waals surface area contributed by atoms with Crippen LogP contribution in [-0.2, 0) is 9.59 Å². The summed E-state index contributed by atoms with van der Waals surface area (Å²) in [5.74, 6) is -1.96. The normalized spacial score (nSPS) is 19.4. The van der Waals surface area contributed by atoms with Crippen LogP contribution in [0.15, 0.2) is 48.0 Å². The van der Waals surface area contributed by atoms with Gasteiger partial charge in [-0.15, -0.1) is 0 Å². The van der Waals surface area contributed by atoms with Crippen molar-refractivity contribution in [2.45, 2.75) is 19.9 Å². The first-order chi connectivity index (χ1) is 16.0. The van der Waals surface area contributed by atoms with Gasteiger partial charge in [0.15, 0.2) is 11.5 Å². The molecule has 0 aromatic heterocycles. The molecule has 1 saturated heterocycles. The van der Waals surface area contributed by atoms with Crippen LogP contribution in [0.2, 0.25) is 0 Å². The van der Waals surface area contributed by atoms with Crippen molar-refractivity contribution in [1.29, 1.82) is 0 Å². The van der Waals surface area contributed by atoms with Crippen LogP contribution >= 0.6 is 0 Å². The van der Waals surface area contributed by atoms with Gasteiger partial charge in [0.1, 0.15) is 19.0 Å². The third-order valence-electron chi connectivity index (χ3n) is 6.24. The van der Waals surface area contributed by atoms with E-state index in [4.69, 9.17) is 9.47 Å². The topological polar surface area (TPSA) is 83.3 Å². The molecule has 4 rings (SSSR count). The Hall–Kier alpha value is -3.39. The lowest BCUT2D eigenvalue weighted by atomic mass is 9.94. The van der Waals surface area contributed by atoms with Gasteiger partial charge >= 0.3 is 0 Å². The van der Waals surface area contributed by atoms with Crippen LogP contribution in [0.25, 0.3) is 5.76 Å². The van der Waals surface area contributed by atoms with Gasteiger partial charge in [-0.3, -0.25) is 9.59 Å². The average molecular weight is 454 g/mol. The number of likely N-dealkylation sites (tertiary alicyclic amines) is 1. The van der Waals surface area contributed by atoms with Gasteiger partial charge in [-0.25, -0.2) is 4.39 Å². The lowest BCUT2D eigenvalue weighted by Gasteiger charge is -2.29. The number of rotatable bonds is 7. The van der Waals surface area contributed by atoms with E-state index in [-0.39, 0.29) is 23.2 Å². The highest BCUT2D eigenvalue weighted by Crippen LogP contribution is 2.40. The van der Waals surface area contributed by atoms with E-state index in [2.05, 4.69) is 0 Å². The second-order valence-electron chi connectivity index (χ2n) is 8.06. The number of benzene rings is 2. The molecule has 1 amide bonds. The Morgan fingerprint density at radius 3 is 2.48 bits per heavy atom. The van der Waals surface area contributed by atoms with Crippen LogP contribution in [0.4, 0.5) is 4.39 Å². The van der Waals surface area contributed by atoms with Crippen LogP contribution in [-0.4, -0.2) is 56.0 Å². The summed E-state index contributed by atoms with van der Waals surface area (Å²) < 4.78 is 25.9. The Bertz CT molecular complexity index is 1100. The fourth-order valence-corrected chi connectivity index (χ4v) is 4.34. The predicted octanol–water partition coefficient (Wildman–Crippen LogP) is 0.746. The molecule has 2 heterocycles. The number of nitrogens with zero attached hydrogens (tertiary/aromatic N) is 1. The van der Waals surface area contributed by atoms with Crippen molar-refractivity contribution < 1.29 is 33.5 Å². The van der Waals surface area contributed by atoms with Crippen molar-refractivity contribution in [2.24, 2.45) is 0 Å². The van der Waals surface area contributed by atoms with Gasteiger partial charge in [-0.1, -0.05) is 30.0 Å². The molecule has 1 N–H and O–H groups in total. The van der Waals surface area contributed by atoms with Crippen LogP contribution in [0.5, 0.6) is 11.5 Å². The molecular formula is C25H27FN2O5. The number of carbonyl (C=O) groups is 2. The molecule has 1 atom stereocenters. The quantitative estimate of drug-likeness (QED) is 0.379. The molecule has 2 aliphatic heterocycles. The van der Waals surface area contributed by atoms with Crippen LogP contribution < -0.4 is 19.5 Å². The third-order valence-corrected chi connectivity index (χ3v) is 6.24. The van der Waals surface area contributed by atoms with E-state index in [0.29, 0.717) is 31.3 Å². The Kier molecular flexibility index (Phi) is 6.65. The number of hydrogen-bond donors (Lipinski definition) is 1. The van der Waals surface area contributed by atoms with Crippen molar-refractivity contribution in [3.63, 3.8) is 0 Å². The van der Waals surface area contributed by atoms with E-state index < -0.39 is 29.3 Å². The zero-order valence-corrected chi connectivity index (χ0v) is 18.7. The maximum absolute atomic E-state index is 14.8. The molecule has 0 aliphatic carbocycles. The van der Waals surface area contributed by atoms with E-state index >= 15 is 0 Å². The third kappa shape index (κ3) is 4.30. The second kappa shape index (κ2) is 9.62. The summed E-state index contributed by atoms with van der Waals surface area (Å²) in [6.45, 7) is 7.34. The van der Waals surface area contributed by atoms with E-state index in [1.54, 1.807) is 12.1 Å². The number of nitrogens with one attached hydrogen (secondary N) is 1. The van der Waals surface area contributed by atoms with E-state index in [9.17, 15) is 19.1 Å². The molecule has 0 bridgehead atoms. The van der Waals surface area contributed by atoms with Gasteiger partial charge < -0.3 is 24.4 Å². The summed E-state index contributed by atoms with van der Waals surface area (Å²) in [7, 11) is 0. The predicted molar refractivity (Wildman–Crippen MR) is 117 cm³/mol. The largest absolute Gasteiger partial charge is 0.872 e. The Morgan fingerprint density at radius 2 is 1.79 bits per heavy atom. The maximum atomic E-state index is 14.8. The molecule has 0 saturated carbocycles. The number of hydrogen-bond acceptors (Lipinski definition) is 5. The fraction of sp³-hybridized carbons (Fsp3) is 0.360. The molecule has 0 spiro atoms. The van der Waals surface area contributed by atoms with Crippen LogP contribution in [0.1, 0.15) is 31.0 Å². The van der Waals surface area contributed by atoms with Crippen molar-refractivity contribution in [3.05, 3.63) is 65.0 Å². The van der Waals surface area contributed by atoms with Crippen LogP contribution in [0.3, 0.4) is 0 Å². The van der Waals surface area contributed by atoms with Gasteiger partial charge in [0.2, 0.25) is 5.78 Å². The fourth-order valence-electron chi connectivity index (χ4n) is 4.34. The molecule has 33 heavy (non-hydrogen) atoms. The average Bonchev–Trinajstić information content (AvgIpc) is 3.09. The molecule has 2 aliphatic rings. The molecule has 174 valence electrons. The highest BCUT2D eigenvalue weighted by Gasteiger charge is 2.45. The van der Waals surface area contributed by atoms with Gasteiger partial charge in [0, 0.05) is 11.1 Å². The van der Waals surface area contributed by atoms with Gasteiger partial charge in [-0.05, 0) is 37.6 Å². The Morgan fingerprint density at radius 1 is 1.09 bits per heavy atom. The van der Waals surface area contributed by atoms with Crippen molar-refractivity contribution >= 4 is 17.4 Å². The monoisotopic (exact) mass is 454 g/mol. The summed E-state index contributed by atoms with van der Waals surface area (Å²) in [6, 6.07) is 9.49. The molecule has 2 aromatic carbocycles. The second-order valence-corrected chi connectivity index (χ2v) is 8.06. The summed E-state index contributed by atoms with van der Waals surface area (Å²) >= 11 is 0. The molecule has 2 aromatic rings. The Balaban J connectivity index is 1.80. The number of carbonyl (C=O) groups excluding carboxylic acids is 2. The maximum Gasteiger partial charge on any atom is 0.295 e. The summed E-state index contributed by atoms with van der Waals surface area (Å²) in [6.07, 6.45) is 0. The standard InChI is InChI=1S/C25H27FN2O5/c1-3-27(4-2)11-12-28-22(17-7-5-6-8-18(17)26)21(24(30)25(28)31)23(29)16-9-10-19-20(15-16)33-14-13-32-19/h5-10,15,22,29H,3-4,11-14H2,1-2H3. The lowest BCUT2D eigenvalue weighted by Crippen LogP contribution is -3.12. The molecular weight excluding hydrogens is 427 g/mol. The number of ether oxygens (including phenoxy) is 2. The zero-order valence-electron chi connectivity index (χ0n) is 18.7. The number of Topliss-reactive ketones (excluding diaryl/α,β-unsaturated/α-hetero) is 1. The minimum atomic E-state index is -1.08. The SMILES string of the molecule is CC[NH+](CC)CCN1C(=O)C(=O)C(=C([O-])c2ccc3c(c2)OCCO3)C1c1ccccc1F. The number of quaternary nitrogens is 1. The van der Waals surface area contributed by atoms with Gasteiger partial charge in [-0.2, -0.15) is 0 Å². The number of fused-ring (bicyclic) bond motifs is 1. The first-order valence-electron chi connectivity index (χ1n) is 11.2. The first kappa shape index (κ1) is 22.8. The number of halogens is 1. The lowest BCUT2D eigenvalue weighted by molar-refractivity contribution is -0.895. The van der Waals surface area contributed by atoms with Gasteiger partial charge in [0.05, 0.1) is 32.2 Å². The number of ketones is 1. The molecule has 1 fully saturated rings. The minimum absolute atomic E-state index is 0.132. The van der Waals surface area contributed by atoms with Crippen LogP contribution in [0, 0.1) is 5.82 Å². The number of amides is 1. The first-order valence-corrected chi connectivity index (χ1v) is 11.2. The highest BCUT2D eigenvalue weighted by atomic mass is 19.1. The minimum Gasteiger partial charge on any atom is -0.872 e. The molecule has 7 nitrogen and oxygen atoms in total. The van der Waals surface area contributed by atoms with E-state index in [1.165, 1.54) is 40.1 Å². The van der Waals surface area contributed by atoms with Crippen molar-refractivity contribution in [1.82, 2.24) is 4.90 Å². The summed E-state index contributed by atoms with van der Waals surface area (Å²) in [4.78, 5) is 28.6. The zero-order chi connectivity index (χ0) is 23.5. The molecule has 8 heteroatoms. The van der Waals surface area contributed by atoms with E-state index in [1.807, 2.05) is 13.8 Å². The van der Waals surface area contributed by atoms with E-state index in [0.717, 1.165) is 13.1 Å². The Labute approximate surface area is 192 Å². The highest BCUT2D eigenvalue weighted by molar-refractivity contribution is 6.46.